The van der Waals surface area contributed by atoms with E-state index in [-0.39, 0.29) is 33.9 Å². The normalized spacial score (nSPS) is 16.1. The Bertz CT molecular complexity index is 1150. The zero-order valence-corrected chi connectivity index (χ0v) is 17.2. The molecule has 7 nitrogen and oxygen atoms in total. The number of allylic oxidation sites excluding steroid dienone is 1. The number of benzene rings is 2. The fourth-order valence-corrected chi connectivity index (χ4v) is 3.60. The Morgan fingerprint density at radius 3 is 2.29 bits per heavy atom. The third-order valence-corrected chi connectivity index (χ3v) is 5.09. The van der Waals surface area contributed by atoms with Gasteiger partial charge < -0.3 is 15.2 Å². The Labute approximate surface area is 178 Å². The molecule has 0 aromatic heterocycles. The predicted molar refractivity (Wildman–Crippen MR) is 111 cm³/mol. The van der Waals surface area contributed by atoms with Crippen molar-refractivity contribution in [2.24, 2.45) is 5.73 Å². The highest BCUT2D eigenvalue weighted by Gasteiger charge is 2.43. The second-order valence-corrected chi connectivity index (χ2v) is 6.72. The Kier molecular flexibility index (Phi) is 6.07. The molecule has 1 unspecified atom stereocenters. The second kappa shape index (κ2) is 8.71. The Hall–Kier alpha value is -4.12. The van der Waals surface area contributed by atoms with Crippen LogP contribution in [0.15, 0.2) is 71.2 Å². The van der Waals surface area contributed by atoms with Crippen LogP contribution in [0.1, 0.15) is 17.0 Å². The van der Waals surface area contributed by atoms with Crippen molar-refractivity contribution in [3.8, 4) is 6.07 Å². The summed E-state index contributed by atoms with van der Waals surface area (Å²) in [6.45, 7) is 1.50. The number of carbonyl (C=O) groups is 2. The molecule has 1 atom stereocenters. The first kappa shape index (κ1) is 21.6. The fraction of sp³-hybridized carbons (Fsp3) is 0.174. The highest BCUT2D eigenvalue weighted by Crippen LogP contribution is 2.43. The van der Waals surface area contributed by atoms with E-state index in [1.54, 1.807) is 30.3 Å². The first-order valence-corrected chi connectivity index (χ1v) is 9.28. The molecular weight excluding hydrogens is 401 g/mol. The number of esters is 2. The van der Waals surface area contributed by atoms with Crippen LogP contribution in [0, 0.1) is 24.1 Å². The zero-order valence-electron chi connectivity index (χ0n) is 17.2. The zero-order chi connectivity index (χ0) is 22.7. The van der Waals surface area contributed by atoms with Crippen LogP contribution in [-0.2, 0) is 19.1 Å². The van der Waals surface area contributed by atoms with E-state index in [0.29, 0.717) is 5.56 Å². The maximum atomic E-state index is 14.3. The maximum Gasteiger partial charge on any atom is 0.355 e. The molecule has 8 heteroatoms. The van der Waals surface area contributed by atoms with Crippen LogP contribution < -0.4 is 10.6 Å². The lowest BCUT2D eigenvalue weighted by atomic mass is 9.80. The van der Waals surface area contributed by atoms with Crippen molar-refractivity contribution in [1.82, 2.24) is 0 Å². The summed E-state index contributed by atoms with van der Waals surface area (Å²) in [6, 6.07) is 14.9. The molecule has 158 valence electrons. The van der Waals surface area contributed by atoms with Gasteiger partial charge in [0, 0.05) is 5.56 Å². The average Bonchev–Trinajstić information content (AvgIpc) is 2.79. The van der Waals surface area contributed by atoms with Gasteiger partial charge >= 0.3 is 11.9 Å². The summed E-state index contributed by atoms with van der Waals surface area (Å²) in [5.41, 5.74) is 6.93. The van der Waals surface area contributed by atoms with Crippen LogP contribution in [0.2, 0.25) is 0 Å². The molecule has 0 bridgehead atoms. The summed E-state index contributed by atoms with van der Waals surface area (Å²) in [5, 5.41) is 9.96. The van der Waals surface area contributed by atoms with Gasteiger partial charge in [-0.2, -0.15) is 5.26 Å². The first-order valence-electron chi connectivity index (χ1n) is 9.28. The molecule has 1 heterocycles. The van der Waals surface area contributed by atoms with Gasteiger partial charge in [0.2, 0.25) is 0 Å². The summed E-state index contributed by atoms with van der Waals surface area (Å²) in [6.07, 6.45) is 0. The van der Waals surface area contributed by atoms with Gasteiger partial charge in [0.25, 0.3) is 0 Å². The topological polar surface area (TPSA) is 106 Å². The van der Waals surface area contributed by atoms with Crippen LogP contribution in [0.5, 0.6) is 0 Å². The van der Waals surface area contributed by atoms with Gasteiger partial charge in [-0.25, -0.2) is 14.0 Å². The van der Waals surface area contributed by atoms with Gasteiger partial charge in [-0.1, -0.05) is 36.4 Å². The molecular formula is C23H20FN3O4. The molecule has 1 aliphatic heterocycles. The Balaban J connectivity index is 2.45. The van der Waals surface area contributed by atoms with Crippen molar-refractivity contribution in [3.63, 3.8) is 0 Å². The lowest BCUT2D eigenvalue weighted by molar-refractivity contribution is -0.139. The number of rotatable bonds is 4. The number of nitrogens with zero attached hydrogens (tertiary/aromatic N) is 2. The van der Waals surface area contributed by atoms with Crippen LogP contribution in [0.25, 0.3) is 0 Å². The number of halogens is 1. The molecule has 0 saturated heterocycles. The Morgan fingerprint density at radius 1 is 1.06 bits per heavy atom. The van der Waals surface area contributed by atoms with Gasteiger partial charge in [-0.05, 0) is 24.6 Å². The minimum absolute atomic E-state index is 0.0166. The number of hydrogen-bond acceptors (Lipinski definition) is 7. The maximum absolute atomic E-state index is 14.3. The fourth-order valence-electron chi connectivity index (χ4n) is 3.60. The van der Waals surface area contributed by atoms with Crippen molar-refractivity contribution < 1.29 is 23.5 Å². The van der Waals surface area contributed by atoms with E-state index in [9.17, 15) is 19.2 Å². The highest BCUT2D eigenvalue weighted by molar-refractivity contribution is 6.06. The number of carbonyl (C=O) groups excluding carboxylic acids is 2. The minimum Gasteiger partial charge on any atom is -0.466 e. The predicted octanol–water partition coefficient (Wildman–Crippen LogP) is 3.03. The lowest BCUT2D eigenvalue weighted by Crippen LogP contribution is -2.41. The summed E-state index contributed by atoms with van der Waals surface area (Å²) in [5.74, 6) is -3.35. The van der Waals surface area contributed by atoms with E-state index >= 15 is 0 Å². The number of anilines is 1. The molecule has 0 saturated carbocycles. The van der Waals surface area contributed by atoms with Gasteiger partial charge in [-0.3, -0.25) is 4.90 Å². The van der Waals surface area contributed by atoms with Gasteiger partial charge in [0.15, 0.2) is 0 Å². The summed E-state index contributed by atoms with van der Waals surface area (Å²) < 4.78 is 24.2. The van der Waals surface area contributed by atoms with Crippen molar-refractivity contribution in [3.05, 3.63) is 88.1 Å². The lowest BCUT2D eigenvalue weighted by Gasteiger charge is -2.36. The van der Waals surface area contributed by atoms with Gasteiger partial charge in [-0.15, -0.1) is 0 Å². The van der Waals surface area contributed by atoms with Crippen LogP contribution in [0.3, 0.4) is 0 Å². The largest absolute Gasteiger partial charge is 0.466 e. The molecule has 31 heavy (non-hydrogen) atoms. The molecule has 0 amide bonds. The third kappa shape index (κ3) is 3.62. The van der Waals surface area contributed by atoms with Crippen LogP contribution in [0.4, 0.5) is 10.1 Å². The van der Waals surface area contributed by atoms with Crippen molar-refractivity contribution in [2.45, 2.75) is 12.8 Å². The molecule has 2 N–H and O–H groups in total. The number of hydrogen-bond donors (Lipinski definition) is 1. The highest BCUT2D eigenvalue weighted by atomic mass is 19.1. The number of methoxy groups -OCH3 is 2. The number of nitrogens with two attached hydrogens (primary N) is 1. The van der Waals surface area contributed by atoms with Crippen molar-refractivity contribution in [2.75, 3.05) is 19.1 Å². The average molecular weight is 421 g/mol. The van der Waals surface area contributed by atoms with E-state index in [1.165, 1.54) is 30.0 Å². The van der Waals surface area contributed by atoms with Crippen LogP contribution in [-0.4, -0.2) is 26.2 Å². The molecule has 0 aliphatic carbocycles. The molecule has 0 fully saturated rings. The molecule has 0 spiro atoms. The SMILES string of the molecule is COC(=O)C1=C(C(=O)OC)N(c2cccc(F)c2C)C(N)=C(C#N)C1c1ccccc1. The van der Waals surface area contributed by atoms with Gasteiger partial charge in [0.05, 0.1) is 43.0 Å². The van der Waals surface area contributed by atoms with Crippen LogP contribution >= 0.6 is 0 Å². The summed E-state index contributed by atoms with van der Waals surface area (Å²) in [4.78, 5) is 27.0. The minimum atomic E-state index is -0.974. The second-order valence-electron chi connectivity index (χ2n) is 6.72. The van der Waals surface area contributed by atoms with E-state index in [1.807, 2.05) is 6.07 Å². The monoisotopic (exact) mass is 421 g/mol. The quantitative estimate of drug-likeness (QED) is 0.757. The first-order chi connectivity index (χ1) is 14.9. The summed E-state index contributed by atoms with van der Waals surface area (Å²) >= 11 is 0. The third-order valence-electron chi connectivity index (χ3n) is 5.09. The molecule has 0 radical (unpaired) electrons. The molecule has 2 aromatic rings. The molecule has 1 aliphatic rings. The number of ether oxygens (including phenoxy) is 2. The van der Waals surface area contributed by atoms with E-state index in [2.05, 4.69) is 0 Å². The Morgan fingerprint density at radius 2 is 1.71 bits per heavy atom. The van der Waals surface area contributed by atoms with Gasteiger partial charge in [0.1, 0.15) is 17.3 Å². The van der Waals surface area contributed by atoms with E-state index < -0.39 is 23.7 Å². The summed E-state index contributed by atoms with van der Waals surface area (Å²) in [7, 11) is 2.32. The molecule has 3 rings (SSSR count). The standard InChI is InChI=1S/C23H20FN3O4/c1-13-16(24)10-7-11-17(13)27-20(23(29)31-3)19(22(28)30-2)18(15(12-25)21(27)26)14-8-5-4-6-9-14/h4-11,18H,26H2,1-3H3. The van der Waals surface area contributed by atoms with E-state index in [4.69, 9.17) is 15.2 Å². The van der Waals surface area contributed by atoms with E-state index in [0.717, 1.165) is 14.2 Å². The van der Waals surface area contributed by atoms with Crippen molar-refractivity contribution in [1.29, 1.82) is 5.26 Å². The molecule has 2 aromatic carbocycles. The smallest absolute Gasteiger partial charge is 0.355 e. The number of nitriles is 1. The van der Waals surface area contributed by atoms with Crippen molar-refractivity contribution >= 4 is 17.6 Å².